The van der Waals surface area contributed by atoms with E-state index in [0.29, 0.717) is 5.56 Å². The predicted molar refractivity (Wildman–Crippen MR) is 118 cm³/mol. The van der Waals surface area contributed by atoms with Crippen LogP contribution in [0.25, 0.3) is 0 Å². The average molecular weight is 488 g/mol. The van der Waals surface area contributed by atoms with Gasteiger partial charge >= 0.3 is 0 Å². The van der Waals surface area contributed by atoms with Gasteiger partial charge in [-0.3, -0.25) is 18.7 Å². The first-order valence-electron chi connectivity index (χ1n) is 9.28. The Morgan fingerprint density at radius 1 is 0.788 bits per heavy atom. The number of anilines is 3. The highest BCUT2D eigenvalue weighted by Crippen LogP contribution is 2.40. The topological polar surface area (TPSA) is 181 Å². The molecular weight excluding hydrogens is 472 g/mol. The van der Waals surface area contributed by atoms with Crippen molar-refractivity contribution in [3.8, 4) is 0 Å². The Kier molecular flexibility index (Phi) is 5.13. The van der Waals surface area contributed by atoms with E-state index in [1.54, 1.807) is 6.07 Å². The molecule has 5 N–H and O–H groups in total. The van der Waals surface area contributed by atoms with Crippen LogP contribution in [0.1, 0.15) is 37.4 Å². The van der Waals surface area contributed by atoms with Crippen molar-refractivity contribution >= 4 is 48.9 Å². The number of nitrogens with one attached hydrogen (secondary N) is 1. The van der Waals surface area contributed by atoms with Crippen LogP contribution < -0.4 is 11.1 Å². The minimum Gasteiger partial charge on any atom is -0.397 e. The SMILES string of the molecule is Cc1cc(S(=O)(=O)O)ccc1Nc1cc(S(=O)(=O)O)c(N)c2c1C(=O)c1ccccc1C2=O. The Labute approximate surface area is 188 Å². The second-order valence-electron chi connectivity index (χ2n) is 7.34. The van der Waals surface area contributed by atoms with E-state index >= 15 is 0 Å². The minimum atomic E-state index is -4.88. The highest BCUT2D eigenvalue weighted by Gasteiger charge is 2.36. The number of rotatable bonds is 4. The van der Waals surface area contributed by atoms with Gasteiger partial charge in [-0.25, -0.2) is 0 Å². The lowest BCUT2D eigenvalue weighted by atomic mass is 9.82. The molecule has 0 aliphatic heterocycles. The van der Waals surface area contributed by atoms with Crippen LogP contribution in [0.3, 0.4) is 0 Å². The summed E-state index contributed by atoms with van der Waals surface area (Å²) in [5, 5.41) is 2.82. The molecule has 3 aromatic rings. The lowest BCUT2D eigenvalue weighted by Gasteiger charge is -2.24. The number of hydrogen-bond acceptors (Lipinski definition) is 8. The van der Waals surface area contributed by atoms with Gasteiger partial charge in [0.25, 0.3) is 20.2 Å². The third kappa shape index (κ3) is 3.78. The van der Waals surface area contributed by atoms with Crippen molar-refractivity contribution in [1.82, 2.24) is 0 Å². The second kappa shape index (κ2) is 7.49. The number of carbonyl (C=O) groups is 2. The maximum absolute atomic E-state index is 13.3. The van der Waals surface area contributed by atoms with Crippen LogP contribution >= 0.6 is 0 Å². The molecule has 0 unspecified atom stereocenters. The molecular formula is C21H16N2O8S2. The number of fused-ring (bicyclic) bond motifs is 2. The van der Waals surface area contributed by atoms with E-state index in [2.05, 4.69) is 5.32 Å². The van der Waals surface area contributed by atoms with Crippen LogP contribution in [0, 0.1) is 6.92 Å². The highest BCUT2D eigenvalue weighted by atomic mass is 32.2. The van der Waals surface area contributed by atoms with E-state index in [9.17, 15) is 35.5 Å². The first kappa shape index (κ1) is 22.6. The molecule has 0 spiro atoms. The van der Waals surface area contributed by atoms with Crippen molar-refractivity contribution in [2.24, 2.45) is 0 Å². The molecule has 33 heavy (non-hydrogen) atoms. The van der Waals surface area contributed by atoms with Crippen LogP contribution in [-0.4, -0.2) is 37.5 Å². The third-order valence-corrected chi connectivity index (χ3v) is 6.99. The predicted octanol–water partition coefficient (Wildman–Crippen LogP) is 2.59. The van der Waals surface area contributed by atoms with E-state index in [1.807, 2.05) is 0 Å². The van der Waals surface area contributed by atoms with Gasteiger partial charge in [0.2, 0.25) is 0 Å². The van der Waals surface area contributed by atoms with Crippen LogP contribution in [0.5, 0.6) is 0 Å². The van der Waals surface area contributed by atoms with Crippen molar-refractivity contribution in [1.29, 1.82) is 0 Å². The number of aryl methyl sites for hydroxylation is 1. The van der Waals surface area contributed by atoms with Crippen molar-refractivity contribution in [3.05, 3.63) is 76.3 Å². The van der Waals surface area contributed by atoms with Gasteiger partial charge in [0.15, 0.2) is 11.6 Å². The highest BCUT2D eigenvalue weighted by molar-refractivity contribution is 7.86. The summed E-state index contributed by atoms with van der Waals surface area (Å²) in [6.07, 6.45) is 0. The molecule has 10 nitrogen and oxygen atoms in total. The third-order valence-electron chi connectivity index (χ3n) is 5.24. The Bertz CT molecular complexity index is 1590. The van der Waals surface area contributed by atoms with Gasteiger partial charge in [-0.15, -0.1) is 0 Å². The van der Waals surface area contributed by atoms with Crippen molar-refractivity contribution in [2.75, 3.05) is 11.1 Å². The molecule has 0 saturated carbocycles. The zero-order valence-electron chi connectivity index (χ0n) is 16.9. The summed E-state index contributed by atoms with van der Waals surface area (Å²) in [4.78, 5) is 25.3. The summed E-state index contributed by atoms with van der Waals surface area (Å²) < 4.78 is 65.6. The molecule has 1 aliphatic carbocycles. The lowest BCUT2D eigenvalue weighted by Crippen LogP contribution is -2.25. The fraction of sp³-hybridized carbons (Fsp3) is 0.0476. The Balaban J connectivity index is 1.98. The lowest BCUT2D eigenvalue weighted by molar-refractivity contribution is 0.0980. The normalized spacial score (nSPS) is 13.4. The Morgan fingerprint density at radius 2 is 1.36 bits per heavy atom. The second-order valence-corrected chi connectivity index (χ2v) is 10.2. The van der Waals surface area contributed by atoms with Crippen LogP contribution in [0.4, 0.5) is 17.1 Å². The molecule has 0 radical (unpaired) electrons. The molecule has 0 heterocycles. The number of carbonyl (C=O) groups excluding carboxylic acids is 2. The quantitative estimate of drug-likeness (QED) is 0.246. The molecule has 1 aliphatic rings. The maximum atomic E-state index is 13.3. The van der Waals surface area contributed by atoms with Gasteiger partial charge in [-0.2, -0.15) is 16.8 Å². The molecule has 0 saturated heterocycles. The maximum Gasteiger partial charge on any atom is 0.296 e. The summed E-state index contributed by atoms with van der Waals surface area (Å²) in [6.45, 7) is 1.51. The summed E-state index contributed by atoms with van der Waals surface area (Å²) in [5.74, 6) is -1.28. The van der Waals surface area contributed by atoms with E-state index in [-0.39, 0.29) is 38.5 Å². The number of hydrogen-bond donors (Lipinski definition) is 4. The monoisotopic (exact) mass is 488 g/mol. The number of nitrogen functional groups attached to an aromatic ring is 1. The molecule has 0 amide bonds. The summed E-state index contributed by atoms with van der Waals surface area (Å²) >= 11 is 0. The first-order valence-corrected chi connectivity index (χ1v) is 12.2. The fourth-order valence-electron chi connectivity index (χ4n) is 3.69. The number of nitrogens with two attached hydrogens (primary N) is 1. The van der Waals surface area contributed by atoms with Crippen molar-refractivity contribution < 1.29 is 35.5 Å². The Hall–Kier alpha value is -3.58. The molecule has 0 fully saturated rings. The smallest absolute Gasteiger partial charge is 0.296 e. The average Bonchev–Trinajstić information content (AvgIpc) is 2.72. The number of ketones is 2. The first-order chi connectivity index (χ1) is 15.3. The van der Waals surface area contributed by atoms with Gasteiger partial charge in [-0.05, 0) is 36.8 Å². The zero-order chi connectivity index (χ0) is 24.3. The molecule has 4 rings (SSSR count). The minimum absolute atomic E-state index is 0.0359. The van der Waals surface area contributed by atoms with Gasteiger partial charge in [0.05, 0.1) is 27.4 Å². The molecule has 12 heteroatoms. The largest absolute Gasteiger partial charge is 0.397 e. The fourth-order valence-corrected chi connectivity index (χ4v) is 4.90. The molecule has 0 aromatic heterocycles. The van der Waals surface area contributed by atoms with E-state index < -0.39 is 42.4 Å². The van der Waals surface area contributed by atoms with Crippen molar-refractivity contribution in [2.45, 2.75) is 16.7 Å². The zero-order valence-corrected chi connectivity index (χ0v) is 18.5. The Morgan fingerprint density at radius 3 is 1.88 bits per heavy atom. The van der Waals surface area contributed by atoms with Crippen LogP contribution in [-0.2, 0) is 20.2 Å². The molecule has 170 valence electrons. The van der Waals surface area contributed by atoms with E-state index in [4.69, 9.17) is 5.73 Å². The standard InChI is InChI=1S/C21H16N2O8S2/c1-10-8-11(32(26,27)28)6-7-14(10)23-15-9-16(33(29,30)31)19(22)18-17(15)20(24)12-4-2-3-5-13(12)21(18)25/h2-9,23H,22H2,1H3,(H,26,27,28)(H,29,30,31). The van der Waals surface area contributed by atoms with Crippen LogP contribution in [0.2, 0.25) is 0 Å². The van der Waals surface area contributed by atoms with Gasteiger partial charge < -0.3 is 11.1 Å². The van der Waals surface area contributed by atoms with E-state index in [0.717, 1.165) is 18.2 Å². The van der Waals surface area contributed by atoms with Gasteiger partial charge in [-0.1, -0.05) is 24.3 Å². The van der Waals surface area contributed by atoms with Crippen molar-refractivity contribution in [3.63, 3.8) is 0 Å². The van der Waals surface area contributed by atoms with Gasteiger partial charge in [0, 0.05) is 16.8 Å². The summed E-state index contributed by atoms with van der Waals surface area (Å²) in [6, 6.07) is 10.4. The summed E-state index contributed by atoms with van der Waals surface area (Å²) in [5.41, 5.74) is 5.35. The van der Waals surface area contributed by atoms with E-state index in [1.165, 1.54) is 31.2 Å². The molecule has 0 atom stereocenters. The van der Waals surface area contributed by atoms with Crippen LogP contribution in [0.15, 0.2) is 58.3 Å². The molecule has 3 aromatic carbocycles. The summed E-state index contributed by atoms with van der Waals surface area (Å²) in [7, 11) is -9.34. The number of benzene rings is 3. The van der Waals surface area contributed by atoms with Gasteiger partial charge in [0.1, 0.15) is 4.90 Å². The molecule has 0 bridgehead atoms.